The quantitative estimate of drug-likeness (QED) is 0.531. The average molecular weight is 420 g/mol. The van der Waals surface area contributed by atoms with Crippen molar-refractivity contribution in [3.05, 3.63) is 80.4 Å². The second kappa shape index (κ2) is 7.69. The molecule has 0 radical (unpaired) electrons. The summed E-state index contributed by atoms with van der Waals surface area (Å²) in [4.78, 5) is 19.9. The molecule has 3 aromatic heterocycles. The van der Waals surface area contributed by atoms with E-state index in [2.05, 4.69) is 53.0 Å². The number of thiophene rings is 2. The molecule has 0 bridgehead atoms. The Labute approximate surface area is 178 Å². The lowest BCUT2D eigenvalue weighted by Gasteiger charge is -2.31. The average Bonchev–Trinajstić information content (AvgIpc) is 3.48. The van der Waals surface area contributed by atoms with Gasteiger partial charge in [0.25, 0.3) is 5.91 Å². The molecule has 29 heavy (non-hydrogen) atoms. The van der Waals surface area contributed by atoms with Gasteiger partial charge in [-0.25, -0.2) is 5.01 Å². The highest BCUT2D eigenvalue weighted by Crippen LogP contribution is 2.47. The molecule has 4 nitrogen and oxygen atoms in total. The van der Waals surface area contributed by atoms with Gasteiger partial charge in [-0.15, -0.1) is 22.7 Å². The highest BCUT2D eigenvalue weighted by molar-refractivity contribution is 7.11. The molecule has 1 amide bonds. The van der Waals surface area contributed by atoms with Crippen LogP contribution in [0.25, 0.3) is 6.08 Å². The maximum atomic E-state index is 13.4. The van der Waals surface area contributed by atoms with E-state index in [1.807, 2.05) is 0 Å². The molecule has 6 heteroatoms. The van der Waals surface area contributed by atoms with Crippen LogP contribution in [0.4, 0.5) is 0 Å². The zero-order valence-electron chi connectivity index (χ0n) is 16.1. The summed E-state index contributed by atoms with van der Waals surface area (Å²) in [7, 11) is 0. The predicted octanol–water partition coefficient (Wildman–Crippen LogP) is 5.89. The summed E-state index contributed by atoms with van der Waals surface area (Å²) in [5.74, 6) is 0.730. The van der Waals surface area contributed by atoms with Gasteiger partial charge in [0, 0.05) is 33.6 Å². The van der Waals surface area contributed by atoms with E-state index in [-0.39, 0.29) is 17.9 Å². The second-order valence-corrected chi connectivity index (χ2v) is 9.63. The number of carbonyl (C=O) groups excluding carboxylic acids is 1. The van der Waals surface area contributed by atoms with Gasteiger partial charge in [0.2, 0.25) is 0 Å². The Bertz CT molecular complexity index is 1060. The highest BCUT2D eigenvalue weighted by atomic mass is 32.1. The van der Waals surface area contributed by atoms with Crippen LogP contribution in [0, 0.1) is 11.8 Å². The van der Waals surface area contributed by atoms with Gasteiger partial charge in [-0.3, -0.25) is 9.78 Å². The number of hydrazone groups is 1. The minimum atomic E-state index is -0.0594. The van der Waals surface area contributed by atoms with Gasteiger partial charge in [0.05, 0.1) is 11.8 Å². The number of pyridine rings is 1. The van der Waals surface area contributed by atoms with E-state index in [0.29, 0.717) is 11.5 Å². The third-order valence-electron chi connectivity index (χ3n) is 5.59. The van der Waals surface area contributed by atoms with Crippen molar-refractivity contribution in [2.45, 2.75) is 25.8 Å². The molecule has 0 saturated heterocycles. The van der Waals surface area contributed by atoms with Crippen molar-refractivity contribution < 1.29 is 4.79 Å². The van der Waals surface area contributed by atoms with E-state index in [0.717, 1.165) is 18.6 Å². The van der Waals surface area contributed by atoms with E-state index >= 15 is 0 Å². The third-order valence-corrected chi connectivity index (χ3v) is 7.36. The van der Waals surface area contributed by atoms with E-state index in [1.165, 1.54) is 15.3 Å². The molecule has 1 aliphatic carbocycles. The predicted molar refractivity (Wildman–Crippen MR) is 119 cm³/mol. The van der Waals surface area contributed by atoms with Crippen LogP contribution in [-0.4, -0.2) is 21.6 Å². The maximum absolute atomic E-state index is 13.4. The molecule has 1 saturated carbocycles. The number of hydrogen-bond donors (Lipinski definition) is 0. The molecule has 3 atom stereocenters. The van der Waals surface area contributed by atoms with Gasteiger partial charge in [0.1, 0.15) is 0 Å². The maximum Gasteiger partial charge on any atom is 0.274 e. The lowest BCUT2D eigenvalue weighted by molar-refractivity contribution is 0.0680. The van der Waals surface area contributed by atoms with Crippen molar-refractivity contribution >= 4 is 40.4 Å². The van der Waals surface area contributed by atoms with Gasteiger partial charge in [-0.2, -0.15) is 5.10 Å². The number of fused-ring (bicyclic) bond motifs is 1. The third kappa shape index (κ3) is 3.47. The minimum absolute atomic E-state index is 0.0415. The molecule has 2 aliphatic rings. The Hall–Kier alpha value is -2.57. The zero-order chi connectivity index (χ0) is 19.8. The van der Waals surface area contributed by atoms with Crippen molar-refractivity contribution in [1.29, 1.82) is 0 Å². The van der Waals surface area contributed by atoms with Crippen molar-refractivity contribution in [2.75, 3.05) is 0 Å². The number of nitrogens with zero attached hydrogens (tertiary/aromatic N) is 3. The van der Waals surface area contributed by atoms with Gasteiger partial charge < -0.3 is 0 Å². The summed E-state index contributed by atoms with van der Waals surface area (Å²) in [5.41, 5.74) is 2.97. The van der Waals surface area contributed by atoms with E-state index in [1.54, 1.807) is 52.2 Å². The first-order valence-electron chi connectivity index (χ1n) is 9.80. The molecule has 3 aromatic rings. The van der Waals surface area contributed by atoms with E-state index in [9.17, 15) is 4.79 Å². The fourth-order valence-corrected chi connectivity index (χ4v) is 5.92. The summed E-state index contributed by atoms with van der Waals surface area (Å²) in [5, 5.41) is 10.8. The Morgan fingerprint density at radius 2 is 1.93 bits per heavy atom. The SMILES string of the molecule is C[C@@H]1C/C(=C\c2cccs2)C2=NN(C(=O)c3ccncc3)[C@@H](c3cccs3)[C@H]2C1. The van der Waals surface area contributed by atoms with Crippen molar-refractivity contribution in [2.24, 2.45) is 16.9 Å². The van der Waals surface area contributed by atoms with Crippen molar-refractivity contribution in [3.8, 4) is 0 Å². The van der Waals surface area contributed by atoms with Crippen molar-refractivity contribution in [3.63, 3.8) is 0 Å². The Morgan fingerprint density at radius 1 is 1.14 bits per heavy atom. The molecule has 146 valence electrons. The number of aromatic nitrogens is 1. The highest BCUT2D eigenvalue weighted by Gasteiger charge is 2.45. The molecule has 1 fully saturated rings. The van der Waals surface area contributed by atoms with Gasteiger partial charge in [-0.05, 0) is 65.4 Å². The Balaban J connectivity index is 1.59. The summed E-state index contributed by atoms with van der Waals surface area (Å²) >= 11 is 3.44. The molecule has 0 aromatic carbocycles. The van der Waals surface area contributed by atoms with Crippen LogP contribution in [0.3, 0.4) is 0 Å². The fraction of sp³-hybridized carbons (Fsp3) is 0.261. The summed E-state index contributed by atoms with van der Waals surface area (Å²) in [6.45, 7) is 2.30. The fourth-order valence-electron chi connectivity index (χ4n) is 4.37. The summed E-state index contributed by atoms with van der Waals surface area (Å²) in [6, 6.07) is 11.9. The van der Waals surface area contributed by atoms with E-state index < -0.39 is 0 Å². The first-order chi connectivity index (χ1) is 14.2. The monoisotopic (exact) mass is 419 g/mol. The molecule has 1 aliphatic heterocycles. The Kier molecular flexibility index (Phi) is 4.89. The molecule has 4 heterocycles. The minimum Gasteiger partial charge on any atom is -0.267 e. The largest absolute Gasteiger partial charge is 0.274 e. The van der Waals surface area contributed by atoms with Crippen LogP contribution < -0.4 is 0 Å². The zero-order valence-corrected chi connectivity index (χ0v) is 17.7. The topological polar surface area (TPSA) is 45.6 Å². The number of allylic oxidation sites excluding steroid dienone is 1. The van der Waals surface area contributed by atoms with Crippen LogP contribution >= 0.6 is 22.7 Å². The molecule has 5 rings (SSSR count). The van der Waals surface area contributed by atoms with Crippen LogP contribution in [0.15, 0.2) is 70.2 Å². The van der Waals surface area contributed by atoms with E-state index in [4.69, 9.17) is 5.10 Å². The lowest BCUT2D eigenvalue weighted by Crippen LogP contribution is -2.32. The molecule has 0 spiro atoms. The van der Waals surface area contributed by atoms with Crippen LogP contribution in [-0.2, 0) is 0 Å². The summed E-state index contributed by atoms with van der Waals surface area (Å²) in [6.07, 6.45) is 7.63. The second-order valence-electron chi connectivity index (χ2n) is 7.67. The number of rotatable bonds is 3. The van der Waals surface area contributed by atoms with Crippen LogP contribution in [0.1, 0.15) is 45.9 Å². The molecular weight excluding hydrogens is 398 g/mol. The van der Waals surface area contributed by atoms with Gasteiger partial charge >= 0.3 is 0 Å². The molecule has 0 unspecified atom stereocenters. The Morgan fingerprint density at radius 3 is 2.66 bits per heavy atom. The smallest absolute Gasteiger partial charge is 0.267 e. The number of amides is 1. The van der Waals surface area contributed by atoms with Gasteiger partial charge in [-0.1, -0.05) is 19.1 Å². The van der Waals surface area contributed by atoms with Crippen LogP contribution in [0.5, 0.6) is 0 Å². The number of hydrogen-bond acceptors (Lipinski definition) is 5. The summed E-state index contributed by atoms with van der Waals surface area (Å²) < 4.78 is 0. The lowest BCUT2D eigenvalue weighted by atomic mass is 9.74. The van der Waals surface area contributed by atoms with Gasteiger partial charge in [0.15, 0.2) is 0 Å². The normalized spacial score (nSPS) is 25.1. The standard InChI is InChI=1S/C23H21N3OS2/c1-15-12-17(14-18-4-2-10-28-18)21-19(13-15)22(20-5-3-11-29-20)26(25-21)23(27)16-6-8-24-9-7-16/h2-11,14-15,19,22H,12-13H2,1H3/b17-14+/t15-,19+,22-/m1/s1. The number of carbonyl (C=O) groups is 1. The van der Waals surface area contributed by atoms with Crippen LogP contribution in [0.2, 0.25) is 0 Å². The molecular formula is C23H21N3OS2. The first kappa shape index (κ1) is 18.5. The molecule has 0 N–H and O–H groups in total. The first-order valence-corrected chi connectivity index (χ1v) is 11.6. The van der Waals surface area contributed by atoms with Crippen molar-refractivity contribution in [1.82, 2.24) is 9.99 Å².